The van der Waals surface area contributed by atoms with Gasteiger partial charge in [-0.25, -0.2) is 9.98 Å². The Morgan fingerprint density at radius 1 is 1.25 bits per heavy atom. The van der Waals surface area contributed by atoms with Crippen molar-refractivity contribution in [3.8, 4) is 12.1 Å². The van der Waals surface area contributed by atoms with E-state index in [1.807, 2.05) is 12.1 Å². The summed E-state index contributed by atoms with van der Waals surface area (Å²) in [6.45, 7) is 0. The molecule has 2 rings (SSSR count). The molecule has 0 aliphatic carbocycles. The lowest BCUT2D eigenvalue weighted by molar-refractivity contribution is 1.46. The Morgan fingerprint density at radius 3 is 2.75 bits per heavy atom. The number of fused-ring (bicyclic) bond motifs is 1. The van der Waals surface area contributed by atoms with Gasteiger partial charge in [-0.15, -0.1) is 0 Å². The fourth-order valence-corrected chi connectivity index (χ4v) is 1.10. The minimum Gasteiger partial charge on any atom is -0.235 e. The Morgan fingerprint density at radius 2 is 2.08 bits per heavy atom. The highest BCUT2D eigenvalue weighted by Gasteiger charge is 2.24. The Kier molecular flexibility index (Phi) is 1.16. The molecule has 4 nitrogen and oxygen atoms in total. The molecule has 0 radical (unpaired) electrons. The van der Waals surface area contributed by atoms with E-state index in [2.05, 4.69) is 9.98 Å². The van der Waals surface area contributed by atoms with E-state index in [4.69, 9.17) is 10.5 Å². The van der Waals surface area contributed by atoms with E-state index in [9.17, 15) is 0 Å². The van der Waals surface area contributed by atoms with E-state index in [-0.39, 0.29) is 0 Å². The molecule has 2 aliphatic heterocycles. The maximum Gasteiger partial charge on any atom is 0.161 e. The van der Waals surface area contributed by atoms with Gasteiger partial charge < -0.3 is 0 Å². The molecule has 54 valence electrons. The minimum absolute atomic E-state index is 0.416. The first-order valence-electron chi connectivity index (χ1n) is 3.24. The second-order valence-electron chi connectivity index (χ2n) is 2.27. The molecule has 0 saturated carbocycles. The van der Waals surface area contributed by atoms with Gasteiger partial charge in [-0.3, -0.25) is 0 Å². The Hall–Kier alpha value is -2.20. The molecule has 0 bridgehead atoms. The van der Waals surface area contributed by atoms with Crippen molar-refractivity contribution in [2.45, 2.75) is 0 Å². The summed E-state index contributed by atoms with van der Waals surface area (Å²) in [7, 11) is 0. The smallest absolute Gasteiger partial charge is 0.161 e. The molecule has 0 saturated heterocycles. The van der Waals surface area contributed by atoms with Gasteiger partial charge in [0.15, 0.2) is 5.84 Å². The van der Waals surface area contributed by atoms with Gasteiger partial charge in [0.1, 0.15) is 12.1 Å². The number of rotatable bonds is 0. The van der Waals surface area contributed by atoms with Crippen LogP contribution >= 0.6 is 0 Å². The Labute approximate surface area is 68.5 Å². The van der Waals surface area contributed by atoms with Crippen LogP contribution in [0.2, 0.25) is 0 Å². The highest BCUT2D eigenvalue weighted by atomic mass is 14.9. The molecule has 2 heterocycles. The zero-order valence-electron chi connectivity index (χ0n) is 5.94. The van der Waals surface area contributed by atoms with Crippen molar-refractivity contribution in [1.82, 2.24) is 0 Å². The topological polar surface area (TPSA) is 72.3 Å². The highest BCUT2D eigenvalue weighted by Crippen LogP contribution is 2.25. The zero-order chi connectivity index (χ0) is 8.55. The molecule has 0 amide bonds. The minimum atomic E-state index is 0.416. The number of allylic oxidation sites excluding steroid dienone is 1. The fraction of sp³-hybridized carbons (Fsp3) is 0. The molecule has 0 unspecified atom stereocenters. The maximum atomic E-state index is 8.64. The number of nitrogens with zero attached hydrogens (tertiary/aromatic N) is 4. The molecule has 2 aliphatic rings. The molecule has 0 aromatic rings. The SMILES string of the molecule is N#CC1=CN=C2N=CC(C#N)=C12. The van der Waals surface area contributed by atoms with Crippen molar-refractivity contribution in [2.24, 2.45) is 9.98 Å². The summed E-state index contributed by atoms with van der Waals surface area (Å²) in [6, 6.07) is 3.91. The molecule has 12 heavy (non-hydrogen) atoms. The molecule has 0 aromatic carbocycles. The zero-order valence-corrected chi connectivity index (χ0v) is 5.94. The number of amidine groups is 1. The van der Waals surface area contributed by atoms with Crippen molar-refractivity contribution in [3.63, 3.8) is 0 Å². The van der Waals surface area contributed by atoms with E-state index >= 15 is 0 Å². The van der Waals surface area contributed by atoms with Gasteiger partial charge in [-0.1, -0.05) is 0 Å². The second kappa shape index (κ2) is 2.14. The average molecular weight is 154 g/mol. The van der Waals surface area contributed by atoms with Crippen LogP contribution < -0.4 is 0 Å². The number of nitriles is 2. The van der Waals surface area contributed by atoms with Crippen LogP contribution in [0.5, 0.6) is 0 Å². The first-order valence-corrected chi connectivity index (χ1v) is 3.24. The predicted octanol–water partition coefficient (Wildman–Crippen LogP) is 0.711. The predicted molar refractivity (Wildman–Crippen MR) is 42.3 cm³/mol. The van der Waals surface area contributed by atoms with Crippen molar-refractivity contribution in [3.05, 3.63) is 22.9 Å². The van der Waals surface area contributed by atoms with Crippen LogP contribution in [0.4, 0.5) is 0 Å². The van der Waals surface area contributed by atoms with Crippen LogP contribution in [0.1, 0.15) is 0 Å². The van der Waals surface area contributed by atoms with Gasteiger partial charge in [0.2, 0.25) is 0 Å². The lowest BCUT2D eigenvalue weighted by atomic mass is 10.1. The largest absolute Gasteiger partial charge is 0.235 e. The van der Waals surface area contributed by atoms with E-state index < -0.39 is 0 Å². The van der Waals surface area contributed by atoms with Crippen molar-refractivity contribution in [1.29, 1.82) is 10.5 Å². The van der Waals surface area contributed by atoms with Crippen LogP contribution in [0.25, 0.3) is 0 Å². The third-order valence-corrected chi connectivity index (χ3v) is 1.64. The van der Waals surface area contributed by atoms with Gasteiger partial charge >= 0.3 is 0 Å². The van der Waals surface area contributed by atoms with Gasteiger partial charge in [-0.2, -0.15) is 10.5 Å². The van der Waals surface area contributed by atoms with Crippen molar-refractivity contribution < 1.29 is 0 Å². The monoisotopic (exact) mass is 154 g/mol. The van der Waals surface area contributed by atoms with Gasteiger partial charge in [0.25, 0.3) is 0 Å². The maximum absolute atomic E-state index is 8.64. The number of hydrogen-bond acceptors (Lipinski definition) is 4. The van der Waals surface area contributed by atoms with Gasteiger partial charge in [0.05, 0.1) is 16.7 Å². The fourth-order valence-electron chi connectivity index (χ4n) is 1.10. The first kappa shape index (κ1) is 6.51. The van der Waals surface area contributed by atoms with E-state index in [1.165, 1.54) is 12.4 Å². The van der Waals surface area contributed by atoms with Crippen LogP contribution in [0.3, 0.4) is 0 Å². The van der Waals surface area contributed by atoms with E-state index in [0.717, 1.165) is 0 Å². The highest BCUT2D eigenvalue weighted by molar-refractivity contribution is 6.19. The van der Waals surface area contributed by atoms with Crippen LogP contribution in [-0.4, -0.2) is 12.1 Å². The molecule has 0 N–H and O–H groups in total. The lowest BCUT2D eigenvalue weighted by Gasteiger charge is -1.90. The third-order valence-electron chi connectivity index (χ3n) is 1.64. The molecule has 0 fully saturated rings. The summed E-state index contributed by atoms with van der Waals surface area (Å²) >= 11 is 0. The molecular formula is C8H2N4. The van der Waals surface area contributed by atoms with Crippen LogP contribution in [-0.2, 0) is 0 Å². The lowest BCUT2D eigenvalue weighted by Crippen LogP contribution is -1.93. The summed E-state index contributed by atoms with van der Waals surface area (Å²) in [5.41, 5.74) is 1.40. The van der Waals surface area contributed by atoms with Crippen molar-refractivity contribution >= 4 is 12.1 Å². The number of aliphatic imine (C=N–C) groups is 2. The molecular weight excluding hydrogens is 152 g/mol. The van der Waals surface area contributed by atoms with Crippen molar-refractivity contribution in [2.75, 3.05) is 0 Å². The summed E-state index contributed by atoms with van der Waals surface area (Å²) < 4.78 is 0. The molecule has 0 atom stereocenters. The second-order valence-corrected chi connectivity index (χ2v) is 2.27. The average Bonchev–Trinajstić information content (AvgIpc) is 2.62. The molecule has 0 aromatic heterocycles. The van der Waals surface area contributed by atoms with E-state index in [0.29, 0.717) is 22.6 Å². The summed E-state index contributed by atoms with van der Waals surface area (Å²) in [5.74, 6) is 0.475. The van der Waals surface area contributed by atoms with E-state index in [1.54, 1.807) is 0 Å². The van der Waals surface area contributed by atoms with Gasteiger partial charge in [-0.05, 0) is 0 Å². The summed E-state index contributed by atoms with van der Waals surface area (Å²) in [4.78, 5) is 7.75. The molecule has 4 heteroatoms. The molecule has 0 spiro atoms. The Balaban J connectivity index is 2.61. The normalized spacial score (nSPS) is 18.2. The van der Waals surface area contributed by atoms with Crippen LogP contribution in [0, 0.1) is 22.7 Å². The quantitative estimate of drug-likeness (QED) is 0.515. The van der Waals surface area contributed by atoms with Gasteiger partial charge in [0, 0.05) is 12.4 Å². The first-order chi connectivity index (χ1) is 5.86. The Bertz CT molecular complexity index is 448. The summed E-state index contributed by atoms with van der Waals surface area (Å²) in [5, 5.41) is 17.3. The summed E-state index contributed by atoms with van der Waals surface area (Å²) in [6.07, 6.45) is 2.86. The third kappa shape index (κ3) is 0.637. The van der Waals surface area contributed by atoms with Crippen LogP contribution in [0.15, 0.2) is 32.9 Å². The standard InChI is InChI=1S/C8H2N4/c9-1-5-3-11-8-7(5)6(2-10)4-12-8/h3-4H. The number of hydrogen-bond donors (Lipinski definition) is 0.